The number of likely N-dealkylation sites (N-methyl/N-ethyl adjacent to an activating group) is 1. The van der Waals surface area contributed by atoms with Gasteiger partial charge in [0, 0.05) is 10.0 Å². The summed E-state index contributed by atoms with van der Waals surface area (Å²) in [7, 11) is 0. The molecular formula is C12H15Cl2NO2. The van der Waals surface area contributed by atoms with Crippen LogP contribution in [0.25, 0.3) is 0 Å². The molecule has 0 radical (unpaired) electrons. The first-order chi connectivity index (χ1) is 7.99. The van der Waals surface area contributed by atoms with Crippen LogP contribution < -0.4 is 0 Å². The summed E-state index contributed by atoms with van der Waals surface area (Å²) in [5.41, 5.74) is 0.610. The van der Waals surface area contributed by atoms with Crippen molar-refractivity contribution >= 4 is 29.2 Å². The molecule has 0 saturated heterocycles. The van der Waals surface area contributed by atoms with E-state index in [1.165, 1.54) is 0 Å². The lowest BCUT2D eigenvalue weighted by Crippen LogP contribution is -2.33. The number of aliphatic carboxylic acids is 1. The number of benzene rings is 1. The van der Waals surface area contributed by atoms with Gasteiger partial charge in [-0.2, -0.15) is 0 Å². The van der Waals surface area contributed by atoms with Crippen LogP contribution in [-0.4, -0.2) is 29.1 Å². The first-order valence-electron chi connectivity index (χ1n) is 5.42. The monoisotopic (exact) mass is 275 g/mol. The van der Waals surface area contributed by atoms with Crippen LogP contribution in [0.15, 0.2) is 18.2 Å². The molecule has 0 aliphatic carbocycles. The number of halogens is 2. The van der Waals surface area contributed by atoms with Crippen molar-refractivity contribution in [2.45, 2.75) is 19.9 Å². The summed E-state index contributed by atoms with van der Waals surface area (Å²) in [6.45, 7) is 5.15. The van der Waals surface area contributed by atoms with Crippen molar-refractivity contribution in [2.24, 2.45) is 0 Å². The largest absolute Gasteiger partial charge is 0.480 e. The van der Waals surface area contributed by atoms with Gasteiger partial charge in [0.1, 0.15) is 6.04 Å². The molecule has 0 amide bonds. The van der Waals surface area contributed by atoms with E-state index in [1.807, 2.05) is 18.7 Å². The summed E-state index contributed by atoms with van der Waals surface area (Å²) in [4.78, 5) is 13.2. The fourth-order valence-corrected chi connectivity index (χ4v) is 2.37. The summed E-state index contributed by atoms with van der Waals surface area (Å²) in [5, 5.41) is 10.2. The maximum Gasteiger partial charge on any atom is 0.325 e. The van der Waals surface area contributed by atoms with E-state index in [4.69, 9.17) is 23.2 Å². The van der Waals surface area contributed by atoms with Gasteiger partial charge in [0.05, 0.1) is 0 Å². The first kappa shape index (κ1) is 14.3. The lowest BCUT2D eigenvalue weighted by Gasteiger charge is -2.26. The zero-order valence-corrected chi connectivity index (χ0v) is 11.3. The molecule has 0 heterocycles. The van der Waals surface area contributed by atoms with Gasteiger partial charge in [-0.05, 0) is 36.9 Å². The second-order valence-corrected chi connectivity index (χ2v) is 4.54. The molecule has 3 nitrogen and oxygen atoms in total. The quantitative estimate of drug-likeness (QED) is 0.895. The maximum atomic E-state index is 11.4. The predicted octanol–water partition coefficient (Wildman–Crippen LogP) is 3.46. The number of carboxylic acid groups (broad SMARTS) is 1. The van der Waals surface area contributed by atoms with E-state index < -0.39 is 12.0 Å². The van der Waals surface area contributed by atoms with Gasteiger partial charge in [0.25, 0.3) is 0 Å². The Morgan fingerprint density at radius 2 is 1.71 bits per heavy atom. The minimum atomic E-state index is -0.896. The van der Waals surface area contributed by atoms with E-state index in [0.29, 0.717) is 28.7 Å². The second kappa shape index (κ2) is 6.24. The summed E-state index contributed by atoms with van der Waals surface area (Å²) in [5.74, 6) is -0.896. The number of rotatable bonds is 5. The van der Waals surface area contributed by atoms with Gasteiger partial charge in [-0.3, -0.25) is 9.69 Å². The van der Waals surface area contributed by atoms with E-state index in [-0.39, 0.29) is 0 Å². The lowest BCUT2D eigenvalue weighted by atomic mass is 10.1. The Hall–Kier alpha value is -0.770. The van der Waals surface area contributed by atoms with Crippen molar-refractivity contribution in [3.05, 3.63) is 33.8 Å². The van der Waals surface area contributed by atoms with Crippen molar-refractivity contribution in [3.8, 4) is 0 Å². The highest BCUT2D eigenvalue weighted by atomic mass is 35.5. The molecule has 0 aliphatic rings. The summed E-state index contributed by atoms with van der Waals surface area (Å²) < 4.78 is 0. The van der Waals surface area contributed by atoms with E-state index in [0.717, 1.165) is 0 Å². The number of hydrogen-bond acceptors (Lipinski definition) is 2. The van der Waals surface area contributed by atoms with Crippen molar-refractivity contribution in [1.29, 1.82) is 0 Å². The summed E-state index contributed by atoms with van der Waals surface area (Å²) in [6, 6.07) is 4.17. The average Bonchev–Trinajstić information content (AvgIpc) is 2.23. The van der Waals surface area contributed by atoms with Gasteiger partial charge in [0.15, 0.2) is 0 Å². The third-order valence-electron chi connectivity index (χ3n) is 2.61. The van der Waals surface area contributed by atoms with Crippen molar-refractivity contribution in [1.82, 2.24) is 4.90 Å². The molecule has 1 aromatic carbocycles. The molecular weight excluding hydrogens is 261 g/mol. The van der Waals surface area contributed by atoms with Gasteiger partial charge in [-0.15, -0.1) is 0 Å². The molecule has 1 atom stereocenters. The molecule has 17 heavy (non-hydrogen) atoms. The van der Waals surface area contributed by atoms with Crippen molar-refractivity contribution in [2.75, 3.05) is 13.1 Å². The molecule has 94 valence electrons. The van der Waals surface area contributed by atoms with E-state index in [1.54, 1.807) is 18.2 Å². The van der Waals surface area contributed by atoms with Gasteiger partial charge >= 0.3 is 5.97 Å². The standard InChI is InChI=1S/C12H15Cl2NO2/c1-3-15(4-2)11(12(16)17)8-5-9(13)7-10(14)6-8/h5-7,11H,3-4H2,1-2H3,(H,16,17). The molecule has 0 aromatic heterocycles. The van der Waals surface area contributed by atoms with Crippen LogP contribution in [0.5, 0.6) is 0 Å². The number of carbonyl (C=O) groups is 1. The Bertz CT molecular complexity index is 385. The number of nitrogens with zero attached hydrogens (tertiary/aromatic N) is 1. The Kier molecular flexibility index (Phi) is 5.25. The second-order valence-electron chi connectivity index (χ2n) is 3.66. The Balaban J connectivity index is 3.17. The Morgan fingerprint density at radius 1 is 1.24 bits per heavy atom. The molecule has 1 rings (SSSR count). The highest BCUT2D eigenvalue weighted by Gasteiger charge is 2.25. The zero-order valence-electron chi connectivity index (χ0n) is 9.78. The normalized spacial score (nSPS) is 12.8. The highest BCUT2D eigenvalue weighted by molar-refractivity contribution is 6.34. The van der Waals surface area contributed by atoms with Crippen molar-refractivity contribution in [3.63, 3.8) is 0 Å². The SMILES string of the molecule is CCN(CC)C(C(=O)O)c1cc(Cl)cc(Cl)c1. The third-order valence-corrected chi connectivity index (χ3v) is 3.05. The molecule has 0 fully saturated rings. The average molecular weight is 276 g/mol. The molecule has 1 unspecified atom stereocenters. The van der Waals surface area contributed by atoms with Crippen LogP contribution in [0.4, 0.5) is 0 Å². The van der Waals surface area contributed by atoms with Crippen LogP contribution in [0.2, 0.25) is 10.0 Å². The van der Waals surface area contributed by atoms with Crippen LogP contribution >= 0.6 is 23.2 Å². The van der Waals surface area contributed by atoms with Gasteiger partial charge < -0.3 is 5.11 Å². The highest BCUT2D eigenvalue weighted by Crippen LogP contribution is 2.27. The lowest BCUT2D eigenvalue weighted by molar-refractivity contribution is -0.143. The zero-order chi connectivity index (χ0) is 13.0. The predicted molar refractivity (Wildman–Crippen MR) is 69.8 cm³/mol. The van der Waals surface area contributed by atoms with Crippen LogP contribution in [0.1, 0.15) is 25.5 Å². The summed E-state index contributed by atoms with van der Waals surface area (Å²) >= 11 is 11.8. The van der Waals surface area contributed by atoms with Gasteiger partial charge in [-0.1, -0.05) is 37.0 Å². The Morgan fingerprint density at radius 3 is 2.06 bits per heavy atom. The first-order valence-corrected chi connectivity index (χ1v) is 6.18. The van der Waals surface area contributed by atoms with Gasteiger partial charge in [0.2, 0.25) is 0 Å². The van der Waals surface area contributed by atoms with Crippen LogP contribution in [-0.2, 0) is 4.79 Å². The van der Waals surface area contributed by atoms with Gasteiger partial charge in [-0.25, -0.2) is 0 Å². The molecule has 1 N–H and O–H groups in total. The van der Waals surface area contributed by atoms with E-state index >= 15 is 0 Å². The molecule has 1 aromatic rings. The van der Waals surface area contributed by atoms with Crippen LogP contribution in [0, 0.1) is 0 Å². The van der Waals surface area contributed by atoms with E-state index in [9.17, 15) is 9.90 Å². The minimum absolute atomic E-state index is 0.450. The third kappa shape index (κ3) is 3.60. The molecule has 0 spiro atoms. The number of carboxylic acids is 1. The number of hydrogen-bond donors (Lipinski definition) is 1. The molecule has 5 heteroatoms. The topological polar surface area (TPSA) is 40.5 Å². The fourth-order valence-electron chi connectivity index (χ4n) is 1.83. The van der Waals surface area contributed by atoms with E-state index in [2.05, 4.69) is 0 Å². The minimum Gasteiger partial charge on any atom is -0.480 e. The smallest absolute Gasteiger partial charge is 0.325 e. The summed E-state index contributed by atoms with van der Waals surface area (Å²) in [6.07, 6.45) is 0. The molecule has 0 bridgehead atoms. The molecule has 0 saturated carbocycles. The fraction of sp³-hybridized carbons (Fsp3) is 0.417. The Labute approximate surface area is 111 Å². The van der Waals surface area contributed by atoms with Crippen molar-refractivity contribution < 1.29 is 9.90 Å². The molecule has 0 aliphatic heterocycles. The maximum absolute atomic E-state index is 11.4. The van der Waals surface area contributed by atoms with Crippen LogP contribution in [0.3, 0.4) is 0 Å².